The van der Waals surface area contributed by atoms with Crippen LogP contribution in [-0.4, -0.2) is 24.4 Å². The second-order valence-electron chi connectivity index (χ2n) is 3.74. The fourth-order valence-electron chi connectivity index (χ4n) is 1.35. The van der Waals surface area contributed by atoms with Crippen LogP contribution in [0.5, 0.6) is 0 Å². The number of likely N-dealkylation sites (N-methyl/N-ethyl adjacent to an activating group) is 1. The molecule has 0 radical (unpaired) electrons. The van der Waals surface area contributed by atoms with Crippen LogP contribution in [0, 0.1) is 0 Å². The highest BCUT2D eigenvalue weighted by Crippen LogP contribution is 2.23. The minimum atomic E-state index is -0.0117. The summed E-state index contributed by atoms with van der Waals surface area (Å²) < 4.78 is 1.74. The highest BCUT2D eigenvalue weighted by molar-refractivity contribution is 9.11. The molecule has 0 saturated carbocycles. The Hall–Kier alpha value is -0.610. The lowest BCUT2D eigenvalue weighted by molar-refractivity contribution is 0.0806. The average Bonchev–Trinajstić information content (AvgIpc) is 2.15. The first-order chi connectivity index (χ1) is 7.41. The highest BCUT2D eigenvalue weighted by Gasteiger charge is 2.14. The van der Waals surface area contributed by atoms with Crippen molar-refractivity contribution in [1.29, 1.82) is 0 Å². The Morgan fingerprint density at radius 2 is 2.06 bits per heavy atom. The van der Waals surface area contributed by atoms with E-state index in [4.69, 9.17) is 0 Å². The Balaban J connectivity index is 2.92. The molecular formula is C12H13Br2NO. The Morgan fingerprint density at radius 3 is 2.56 bits per heavy atom. The Labute approximate surface area is 113 Å². The molecule has 1 aromatic carbocycles. The lowest BCUT2D eigenvalue weighted by Gasteiger charge is -2.18. The van der Waals surface area contributed by atoms with Gasteiger partial charge in [0.2, 0.25) is 0 Å². The molecule has 4 heteroatoms. The van der Waals surface area contributed by atoms with Gasteiger partial charge < -0.3 is 4.90 Å². The van der Waals surface area contributed by atoms with Crippen LogP contribution in [0.3, 0.4) is 0 Å². The Bertz CT molecular complexity index is 429. The smallest absolute Gasteiger partial charge is 0.255 e. The first-order valence-electron chi connectivity index (χ1n) is 4.76. The van der Waals surface area contributed by atoms with Crippen LogP contribution < -0.4 is 0 Å². The molecular weight excluding hydrogens is 334 g/mol. The fraction of sp³-hybridized carbons (Fsp3) is 0.250. The summed E-state index contributed by atoms with van der Waals surface area (Å²) in [4.78, 5) is 13.7. The van der Waals surface area contributed by atoms with Gasteiger partial charge in [-0.2, -0.15) is 0 Å². The number of hydrogen-bond acceptors (Lipinski definition) is 1. The zero-order chi connectivity index (χ0) is 12.3. The lowest BCUT2D eigenvalue weighted by Crippen LogP contribution is -2.28. The molecule has 0 spiro atoms. The zero-order valence-electron chi connectivity index (χ0n) is 9.26. The maximum atomic E-state index is 12.1. The predicted octanol–water partition coefficient (Wildman–Crippen LogP) is 3.86. The third kappa shape index (κ3) is 3.46. The van der Waals surface area contributed by atoms with Gasteiger partial charge in [-0.15, -0.1) is 0 Å². The monoisotopic (exact) mass is 345 g/mol. The van der Waals surface area contributed by atoms with E-state index >= 15 is 0 Å². The molecule has 0 fully saturated rings. The van der Waals surface area contributed by atoms with Crippen LogP contribution in [0.2, 0.25) is 0 Å². The van der Waals surface area contributed by atoms with Gasteiger partial charge in [0.05, 0.1) is 5.56 Å². The maximum Gasteiger partial charge on any atom is 0.255 e. The molecule has 0 saturated heterocycles. The predicted molar refractivity (Wildman–Crippen MR) is 73.6 cm³/mol. The van der Waals surface area contributed by atoms with Gasteiger partial charge in [-0.3, -0.25) is 4.79 Å². The highest BCUT2D eigenvalue weighted by atomic mass is 79.9. The molecule has 0 aliphatic rings. The largest absolute Gasteiger partial charge is 0.338 e. The van der Waals surface area contributed by atoms with E-state index in [9.17, 15) is 4.79 Å². The molecule has 0 heterocycles. The van der Waals surface area contributed by atoms with Crippen LogP contribution in [0.25, 0.3) is 0 Å². The summed E-state index contributed by atoms with van der Waals surface area (Å²) in [6, 6.07) is 5.51. The number of amides is 1. The van der Waals surface area contributed by atoms with Crippen molar-refractivity contribution in [2.75, 3.05) is 13.6 Å². The molecule has 1 amide bonds. The number of carbonyl (C=O) groups is 1. The summed E-state index contributed by atoms with van der Waals surface area (Å²) >= 11 is 6.74. The minimum Gasteiger partial charge on any atom is -0.338 e. The Kier molecular flexibility index (Phi) is 4.74. The van der Waals surface area contributed by atoms with E-state index in [0.717, 1.165) is 14.5 Å². The summed E-state index contributed by atoms with van der Waals surface area (Å²) in [6.45, 7) is 6.27. The zero-order valence-corrected chi connectivity index (χ0v) is 12.4. The van der Waals surface area contributed by atoms with Crippen molar-refractivity contribution in [2.24, 2.45) is 0 Å². The molecule has 16 heavy (non-hydrogen) atoms. The number of halogens is 2. The van der Waals surface area contributed by atoms with E-state index in [-0.39, 0.29) is 5.91 Å². The van der Waals surface area contributed by atoms with Crippen molar-refractivity contribution < 1.29 is 4.79 Å². The number of hydrogen-bond donors (Lipinski definition) is 0. The van der Waals surface area contributed by atoms with Crippen LogP contribution in [0.15, 0.2) is 39.3 Å². The number of carbonyl (C=O) groups excluding carboxylic acids is 1. The molecule has 0 aliphatic heterocycles. The molecule has 1 rings (SSSR count). The van der Waals surface area contributed by atoms with Crippen molar-refractivity contribution in [3.05, 3.63) is 44.9 Å². The Morgan fingerprint density at radius 1 is 1.44 bits per heavy atom. The van der Waals surface area contributed by atoms with E-state index in [2.05, 4.69) is 38.4 Å². The molecule has 2 nitrogen and oxygen atoms in total. The van der Waals surface area contributed by atoms with E-state index in [1.54, 1.807) is 18.0 Å². The van der Waals surface area contributed by atoms with E-state index < -0.39 is 0 Å². The second-order valence-corrected chi connectivity index (χ2v) is 5.51. The summed E-state index contributed by atoms with van der Waals surface area (Å²) in [6.07, 6.45) is 0. The molecule has 0 bridgehead atoms. The van der Waals surface area contributed by atoms with Gasteiger partial charge >= 0.3 is 0 Å². The quantitative estimate of drug-likeness (QED) is 0.761. The van der Waals surface area contributed by atoms with Crippen LogP contribution in [-0.2, 0) is 0 Å². The molecule has 0 aromatic heterocycles. The van der Waals surface area contributed by atoms with Crippen molar-refractivity contribution in [3.63, 3.8) is 0 Å². The summed E-state index contributed by atoms with van der Waals surface area (Å²) in [7, 11) is 1.77. The van der Waals surface area contributed by atoms with Crippen molar-refractivity contribution in [2.45, 2.75) is 6.92 Å². The molecule has 0 atom stereocenters. The molecule has 0 unspecified atom stereocenters. The summed E-state index contributed by atoms with van der Waals surface area (Å²) in [5.41, 5.74) is 1.62. The van der Waals surface area contributed by atoms with Gasteiger partial charge in [0.25, 0.3) is 5.91 Å². The van der Waals surface area contributed by atoms with Gasteiger partial charge in [-0.25, -0.2) is 0 Å². The lowest BCUT2D eigenvalue weighted by atomic mass is 10.2. The van der Waals surface area contributed by atoms with E-state index in [0.29, 0.717) is 12.1 Å². The fourth-order valence-corrected chi connectivity index (χ4v) is 2.56. The van der Waals surface area contributed by atoms with Gasteiger partial charge in [-0.1, -0.05) is 28.1 Å². The SMILES string of the molecule is C=C(C)CN(C)C(=O)c1ccc(Br)cc1Br. The standard InChI is InChI=1S/C12H13Br2NO/c1-8(2)7-15(3)12(16)10-5-4-9(13)6-11(10)14/h4-6H,1,7H2,2-3H3. The number of benzene rings is 1. The number of rotatable bonds is 3. The van der Waals surface area contributed by atoms with Gasteiger partial charge in [0.1, 0.15) is 0 Å². The molecule has 86 valence electrons. The first kappa shape index (κ1) is 13.5. The summed E-state index contributed by atoms with van der Waals surface area (Å²) in [5, 5.41) is 0. The van der Waals surface area contributed by atoms with E-state index in [1.165, 1.54) is 0 Å². The molecule has 1 aromatic rings. The van der Waals surface area contributed by atoms with Crippen LogP contribution >= 0.6 is 31.9 Å². The third-order valence-electron chi connectivity index (χ3n) is 2.02. The normalized spacial score (nSPS) is 10.0. The van der Waals surface area contributed by atoms with Crippen LogP contribution in [0.4, 0.5) is 0 Å². The van der Waals surface area contributed by atoms with Crippen LogP contribution in [0.1, 0.15) is 17.3 Å². The van der Waals surface area contributed by atoms with Gasteiger partial charge in [0.15, 0.2) is 0 Å². The second kappa shape index (κ2) is 5.64. The summed E-state index contributed by atoms with van der Waals surface area (Å²) in [5.74, 6) is -0.0117. The first-order valence-corrected chi connectivity index (χ1v) is 6.35. The topological polar surface area (TPSA) is 20.3 Å². The van der Waals surface area contributed by atoms with Crippen molar-refractivity contribution in [1.82, 2.24) is 4.90 Å². The van der Waals surface area contributed by atoms with Gasteiger partial charge in [-0.05, 0) is 41.1 Å². The van der Waals surface area contributed by atoms with Gasteiger partial charge in [0, 0.05) is 22.5 Å². The maximum absolute atomic E-state index is 12.1. The third-order valence-corrected chi connectivity index (χ3v) is 3.16. The minimum absolute atomic E-state index is 0.0117. The molecule has 0 aliphatic carbocycles. The number of nitrogens with zero attached hydrogens (tertiary/aromatic N) is 1. The average molecular weight is 347 g/mol. The molecule has 0 N–H and O–H groups in total. The van der Waals surface area contributed by atoms with Crippen molar-refractivity contribution in [3.8, 4) is 0 Å². The van der Waals surface area contributed by atoms with Crippen molar-refractivity contribution >= 4 is 37.8 Å². The van der Waals surface area contributed by atoms with E-state index in [1.807, 2.05) is 19.1 Å².